The Hall–Kier alpha value is -1.77. The molecule has 0 amide bonds. The molecular formula is C14H19N3. The standard InChI is InChI=1S/C14H19N3/c1-4-17-13(9-12(3)16-17)10-15-14-8-6-5-7-11(14)2/h5-9,15H,4,10H2,1-3H3. The maximum Gasteiger partial charge on any atom is 0.0597 e. The zero-order valence-electron chi connectivity index (χ0n) is 10.7. The molecule has 1 aromatic carbocycles. The van der Waals surface area contributed by atoms with Crippen molar-refractivity contribution in [1.29, 1.82) is 0 Å². The molecule has 1 aromatic heterocycles. The van der Waals surface area contributed by atoms with Gasteiger partial charge >= 0.3 is 0 Å². The smallest absolute Gasteiger partial charge is 0.0597 e. The molecule has 1 heterocycles. The van der Waals surface area contributed by atoms with Gasteiger partial charge in [0.25, 0.3) is 0 Å². The lowest BCUT2D eigenvalue weighted by Gasteiger charge is -2.10. The van der Waals surface area contributed by atoms with E-state index >= 15 is 0 Å². The highest BCUT2D eigenvalue weighted by atomic mass is 15.3. The van der Waals surface area contributed by atoms with Crippen LogP contribution in [0.15, 0.2) is 30.3 Å². The molecule has 0 spiro atoms. The Labute approximate surface area is 102 Å². The summed E-state index contributed by atoms with van der Waals surface area (Å²) in [6, 6.07) is 10.5. The predicted molar refractivity (Wildman–Crippen MR) is 71.1 cm³/mol. The number of aryl methyl sites for hydroxylation is 3. The molecule has 3 heteroatoms. The Kier molecular flexibility index (Phi) is 3.47. The monoisotopic (exact) mass is 229 g/mol. The van der Waals surface area contributed by atoms with Crippen molar-refractivity contribution in [2.24, 2.45) is 0 Å². The van der Waals surface area contributed by atoms with Crippen LogP contribution in [-0.2, 0) is 13.1 Å². The van der Waals surface area contributed by atoms with Crippen molar-refractivity contribution in [3.05, 3.63) is 47.3 Å². The summed E-state index contributed by atoms with van der Waals surface area (Å²) >= 11 is 0. The molecule has 1 N–H and O–H groups in total. The summed E-state index contributed by atoms with van der Waals surface area (Å²) in [6.07, 6.45) is 0. The summed E-state index contributed by atoms with van der Waals surface area (Å²) < 4.78 is 2.04. The van der Waals surface area contributed by atoms with Crippen LogP contribution in [0.25, 0.3) is 0 Å². The second-order valence-electron chi connectivity index (χ2n) is 4.26. The van der Waals surface area contributed by atoms with Gasteiger partial charge in [0.05, 0.1) is 17.9 Å². The lowest BCUT2D eigenvalue weighted by Crippen LogP contribution is -2.08. The van der Waals surface area contributed by atoms with Gasteiger partial charge in [-0.25, -0.2) is 0 Å². The number of benzene rings is 1. The van der Waals surface area contributed by atoms with E-state index in [2.05, 4.69) is 54.6 Å². The topological polar surface area (TPSA) is 29.9 Å². The molecule has 0 saturated carbocycles. The van der Waals surface area contributed by atoms with E-state index in [4.69, 9.17) is 0 Å². The third-order valence-electron chi connectivity index (χ3n) is 2.89. The van der Waals surface area contributed by atoms with Crippen molar-refractivity contribution in [2.75, 3.05) is 5.32 Å². The van der Waals surface area contributed by atoms with Gasteiger partial charge in [-0.15, -0.1) is 0 Å². The number of para-hydroxylation sites is 1. The SMILES string of the molecule is CCn1nc(C)cc1CNc1ccccc1C. The second kappa shape index (κ2) is 5.04. The second-order valence-corrected chi connectivity index (χ2v) is 4.26. The molecule has 0 radical (unpaired) electrons. The molecular weight excluding hydrogens is 210 g/mol. The number of anilines is 1. The molecule has 0 saturated heterocycles. The lowest BCUT2D eigenvalue weighted by atomic mass is 10.2. The van der Waals surface area contributed by atoms with Crippen LogP contribution in [-0.4, -0.2) is 9.78 Å². The Bertz CT molecular complexity index is 500. The van der Waals surface area contributed by atoms with Crippen molar-refractivity contribution in [1.82, 2.24) is 9.78 Å². The van der Waals surface area contributed by atoms with E-state index < -0.39 is 0 Å². The van der Waals surface area contributed by atoms with Crippen LogP contribution in [0.4, 0.5) is 5.69 Å². The van der Waals surface area contributed by atoms with Crippen molar-refractivity contribution in [2.45, 2.75) is 33.9 Å². The van der Waals surface area contributed by atoms with Crippen molar-refractivity contribution in [3.63, 3.8) is 0 Å². The van der Waals surface area contributed by atoms with Gasteiger partial charge in [-0.2, -0.15) is 5.10 Å². The van der Waals surface area contributed by atoms with Gasteiger partial charge in [0.15, 0.2) is 0 Å². The Balaban J connectivity index is 2.09. The van der Waals surface area contributed by atoms with Gasteiger partial charge < -0.3 is 5.32 Å². The fourth-order valence-electron chi connectivity index (χ4n) is 1.97. The zero-order chi connectivity index (χ0) is 12.3. The highest BCUT2D eigenvalue weighted by Gasteiger charge is 2.04. The summed E-state index contributed by atoms with van der Waals surface area (Å²) in [6.45, 7) is 8.00. The lowest BCUT2D eigenvalue weighted by molar-refractivity contribution is 0.623. The van der Waals surface area contributed by atoms with Gasteiger partial charge in [0.1, 0.15) is 0 Å². The maximum atomic E-state index is 4.44. The van der Waals surface area contributed by atoms with Crippen molar-refractivity contribution >= 4 is 5.69 Å². The first-order valence-corrected chi connectivity index (χ1v) is 6.03. The van der Waals surface area contributed by atoms with E-state index in [9.17, 15) is 0 Å². The van der Waals surface area contributed by atoms with E-state index in [1.807, 2.05) is 11.6 Å². The summed E-state index contributed by atoms with van der Waals surface area (Å²) in [4.78, 5) is 0. The van der Waals surface area contributed by atoms with Crippen molar-refractivity contribution in [3.8, 4) is 0 Å². The Morgan fingerprint density at radius 1 is 1.24 bits per heavy atom. The van der Waals surface area contributed by atoms with Crippen LogP contribution < -0.4 is 5.32 Å². The van der Waals surface area contributed by atoms with Crippen LogP contribution >= 0.6 is 0 Å². The number of hydrogen-bond acceptors (Lipinski definition) is 2. The molecule has 2 rings (SSSR count). The Morgan fingerprint density at radius 3 is 2.71 bits per heavy atom. The van der Waals surface area contributed by atoms with E-state index in [0.717, 1.165) is 18.8 Å². The normalized spacial score (nSPS) is 10.5. The molecule has 0 aliphatic heterocycles. The third-order valence-corrected chi connectivity index (χ3v) is 2.89. The summed E-state index contributed by atoms with van der Waals surface area (Å²) in [5.74, 6) is 0. The fraction of sp³-hybridized carbons (Fsp3) is 0.357. The fourth-order valence-corrected chi connectivity index (χ4v) is 1.97. The van der Waals surface area contributed by atoms with E-state index in [1.54, 1.807) is 0 Å². The molecule has 3 nitrogen and oxygen atoms in total. The minimum Gasteiger partial charge on any atom is -0.379 e. The zero-order valence-corrected chi connectivity index (χ0v) is 10.7. The molecule has 0 aliphatic carbocycles. The number of nitrogens with one attached hydrogen (secondary N) is 1. The molecule has 0 bridgehead atoms. The van der Waals surface area contributed by atoms with Crippen LogP contribution in [0, 0.1) is 13.8 Å². The average molecular weight is 229 g/mol. The number of hydrogen-bond donors (Lipinski definition) is 1. The minimum atomic E-state index is 0.819. The van der Waals surface area contributed by atoms with Crippen LogP contribution in [0.5, 0.6) is 0 Å². The third kappa shape index (κ3) is 2.67. The Morgan fingerprint density at radius 2 is 2.00 bits per heavy atom. The van der Waals surface area contributed by atoms with Crippen LogP contribution in [0.2, 0.25) is 0 Å². The minimum absolute atomic E-state index is 0.819. The van der Waals surface area contributed by atoms with E-state index in [1.165, 1.54) is 16.9 Å². The predicted octanol–water partition coefficient (Wildman–Crippen LogP) is 3.13. The molecule has 2 aromatic rings. The van der Waals surface area contributed by atoms with Crippen molar-refractivity contribution < 1.29 is 0 Å². The molecule has 0 unspecified atom stereocenters. The highest BCUT2D eigenvalue weighted by molar-refractivity contribution is 5.50. The van der Waals surface area contributed by atoms with E-state index in [-0.39, 0.29) is 0 Å². The van der Waals surface area contributed by atoms with Gasteiger partial charge in [-0.05, 0) is 38.5 Å². The first kappa shape index (κ1) is 11.7. The number of nitrogens with zero attached hydrogens (tertiary/aromatic N) is 2. The quantitative estimate of drug-likeness (QED) is 0.873. The first-order chi connectivity index (χ1) is 8.20. The van der Waals surface area contributed by atoms with Gasteiger partial charge in [-0.1, -0.05) is 18.2 Å². The summed E-state index contributed by atoms with van der Waals surface area (Å²) in [5.41, 5.74) is 4.77. The highest BCUT2D eigenvalue weighted by Crippen LogP contribution is 2.15. The van der Waals surface area contributed by atoms with Gasteiger partial charge in [0, 0.05) is 12.2 Å². The molecule has 90 valence electrons. The van der Waals surface area contributed by atoms with E-state index in [0.29, 0.717) is 0 Å². The average Bonchev–Trinajstić information content (AvgIpc) is 2.69. The van der Waals surface area contributed by atoms with Gasteiger partial charge in [0.2, 0.25) is 0 Å². The number of rotatable bonds is 4. The molecule has 0 fully saturated rings. The summed E-state index contributed by atoms with van der Waals surface area (Å²) in [5, 5.41) is 7.90. The van der Waals surface area contributed by atoms with Crippen LogP contribution in [0.1, 0.15) is 23.9 Å². The maximum absolute atomic E-state index is 4.44. The summed E-state index contributed by atoms with van der Waals surface area (Å²) in [7, 11) is 0. The van der Waals surface area contributed by atoms with Gasteiger partial charge in [-0.3, -0.25) is 4.68 Å². The largest absolute Gasteiger partial charge is 0.379 e. The number of aromatic nitrogens is 2. The first-order valence-electron chi connectivity index (χ1n) is 6.03. The van der Waals surface area contributed by atoms with Crippen LogP contribution in [0.3, 0.4) is 0 Å². The molecule has 0 atom stereocenters. The molecule has 17 heavy (non-hydrogen) atoms. The molecule has 0 aliphatic rings.